The van der Waals surface area contributed by atoms with Crippen LogP contribution in [0.15, 0.2) is 36.4 Å². The highest BCUT2D eigenvalue weighted by atomic mass is 35.5. The van der Waals surface area contributed by atoms with Crippen molar-refractivity contribution in [1.29, 1.82) is 0 Å². The topological polar surface area (TPSA) is 56.8 Å². The van der Waals surface area contributed by atoms with Crippen LogP contribution >= 0.6 is 11.6 Å². The Hall–Kier alpha value is -2.40. The Labute approximate surface area is 139 Å². The molecular weight excluding hydrogens is 318 g/mol. The molecule has 3 rings (SSSR count). The molecule has 6 heteroatoms. The molecule has 120 valence electrons. The van der Waals surface area contributed by atoms with Gasteiger partial charge in [-0.3, -0.25) is 4.79 Å². The fourth-order valence-corrected chi connectivity index (χ4v) is 2.28. The Morgan fingerprint density at radius 2 is 2.00 bits per heavy atom. The Morgan fingerprint density at radius 3 is 2.78 bits per heavy atom. The Balaban J connectivity index is 1.64. The van der Waals surface area contributed by atoms with Gasteiger partial charge in [0.25, 0.3) is 5.91 Å². The molecule has 1 N–H and O–H groups in total. The van der Waals surface area contributed by atoms with E-state index in [2.05, 4.69) is 5.32 Å². The van der Waals surface area contributed by atoms with Gasteiger partial charge in [0.05, 0.1) is 0 Å². The molecule has 0 saturated heterocycles. The third-order valence-electron chi connectivity index (χ3n) is 3.45. The number of hydrogen-bond donors (Lipinski definition) is 1. The number of aryl methyl sites for hydroxylation is 1. The molecule has 2 aromatic rings. The zero-order valence-corrected chi connectivity index (χ0v) is 13.5. The second kappa shape index (κ2) is 6.38. The highest BCUT2D eigenvalue weighted by Crippen LogP contribution is 2.34. The molecular formula is C17H16ClNO4. The van der Waals surface area contributed by atoms with Gasteiger partial charge in [0.1, 0.15) is 5.75 Å². The van der Waals surface area contributed by atoms with Crippen LogP contribution in [0.3, 0.4) is 0 Å². The second-order valence-electron chi connectivity index (χ2n) is 5.23. The van der Waals surface area contributed by atoms with Crippen molar-refractivity contribution in [2.24, 2.45) is 0 Å². The van der Waals surface area contributed by atoms with Gasteiger partial charge in [0, 0.05) is 16.8 Å². The van der Waals surface area contributed by atoms with Crippen LogP contribution in [0.5, 0.6) is 17.2 Å². The van der Waals surface area contributed by atoms with Crippen LogP contribution < -0.4 is 19.5 Å². The van der Waals surface area contributed by atoms with Crippen LogP contribution in [-0.4, -0.2) is 18.8 Å². The number of halogens is 1. The lowest BCUT2D eigenvalue weighted by molar-refractivity contribution is -0.122. The van der Waals surface area contributed by atoms with Gasteiger partial charge in [-0.15, -0.1) is 0 Å². The summed E-state index contributed by atoms with van der Waals surface area (Å²) in [5, 5.41) is 3.45. The fraction of sp³-hybridized carbons (Fsp3) is 0.235. The molecule has 0 radical (unpaired) electrons. The first kappa shape index (κ1) is 15.5. The maximum absolute atomic E-state index is 12.2. The molecule has 0 bridgehead atoms. The van der Waals surface area contributed by atoms with Gasteiger partial charge in [0.2, 0.25) is 6.79 Å². The fourth-order valence-electron chi connectivity index (χ4n) is 2.17. The molecule has 1 amide bonds. The van der Waals surface area contributed by atoms with Crippen molar-refractivity contribution >= 4 is 23.2 Å². The van der Waals surface area contributed by atoms with E-state index in [4.69, 9.17) is 25.8 Å². The van der Waals surface area contributed by atoms with E-state index in [-0.39, 0.29) is 12.7 Å². The molecule has 1 aliphatic heterocycles. The Bertz CT molecular complexity index is 747. The number of carbonyl (C=O) groups excluding carboxylic acids is 1. The van der Waals surface area contributed by atoms with Crippen LogP contribution in [0.4, 0.5) is 5.69 Å². The van der Waals surface area contributed by atoms with Gasteiger partial charge < -0.3 is 19.5 Å². The highest BCUT2D eigenvalue weighted by Gasteiger charge is 2.18. The maximum atomic E-state index is 12.2. The first-order valence-corrected chi connectivity index (χ1v) is 7.54. The van der Waals surface area contributed by atoms with Gasteiger partial charge in [0.15, 0.2) is 17.6 Å². The van der Waals surface area contributed by atoms with Crippen molar-refractivity contribution in [2.45, 2.75) is 20.0 Å². The van der Waals surface area contributed by atoms with Crippen LogP contribution in [0.25, 0.3) is 0 Å². The summed E-state index contributed by atoms with van der Waals surface area (Å²) in [4.78, 5) is 12.2. The molecule has 5 nitrogen and oxygen atoms in total. The lowest BCUT2D eigenvalue weighted by atomic mass is 10.2. The number of carbonyl (C=O) groups is 1. The van der Waals surface area contributed by atoms with E-state index in [1.165, 1.54) is 0 Å². The summed E-state index contributed by atoms with van der Waals surface area (Å²) in [7, 11) is 0. The predicted molar refractivity (Wildman–Crippen MR) is 87.5 cm³/mol. The molecule has 0 spiro atoms. The summed E-state index contributed by atoms with van der Waals surface area (Å²) in [6.45, 7) is 3.76. The number of anilines is 1. The van der Waals surface area contributed by atoms with E-state index in [1.807, 2.05) is 6.92 Å². The minimum atomic E-state index is -0.652. The molecule has 0 fully saturated rings. The third kappa shape index (κ3) is 3.51. The van der Waals surface area contributed by atoms with Crippen molar-refractivity contribution in [3.8, 4) is 17.2 Å². The highest BCUT2D eigenvalue weighted by molar-refractivity contribution is 6.31. The Morgan fingerprint density at radius 1 is 1.22 bits per heavy atom. The van der Waals surface area contributed by atoms with Crippen LogP contribution in [0, 0.1) is 6.92 Å². The smallest absolute Gasteiger partial charge is 0.265 e. The quantitative estimate of drug-likeness (QED) is 0.925. The van der Waals surface area contributed by atoms with E-state index in [9.17, 15) is 4.79 Å². The molecule has 1 aliphatic rings. The monoisotopic (exact) mass is 333 g/mol. The summed E-state index contributed by atoms with van der Waals surface area (Å²) < 4.78 is 16.2. The lowest BCUT2D eigenvalue weighted by Crippen LogP contribution is -2.30. The molecule has 0 saturated carbocycles. The van der Waals surface area contributed by atoms with Crippen molar-refractivity contribution in [3.63, 3.8) is 0 Å². The molecule has 23 heavy (non-hydrogen) atoms. The van der Waals surface area contributed by atoms with E-state index < -0.39 is 6.10 Å². The van der Waals surface area contributed by atoms with Gasteiger partial charge in [-0.2, -0.15) is 0 Å². The minimum Gasteiger partial charge on any atom is -0.481 e. The largest absolute Gasteiger partial charge is 0.481 e. The average molecular weight is 334 g/mol. The molecule has 0 aromatic heterocycles. The normalized spacial score (nSPS) is 13.5. The number of benzene rings is 2. The van der Waals surface area contributed by atoms with E-state index in [0.29, 0.717) is 28.0 Å². The summed E-state index contributed by atoms with van der Waals surface area (Å²) >= 11 is 5.98. The summed E-state index contributed by atoms with van der Waals surface area (Å²) in [6.07, 6.45) is -0.652. The number of amides is 1. The maximum Gasteiger partial charge on any atom is 0.265 e. The second-order valence-corrected chi connectivity index (χ2v) is 5.64. The number of ether oxygens (including phenoxy) is 3. The molecule has 0 unspecified atom stereocenters. The number of nitrogens with one attached hydrogen (secondary N) is 1. The third-order valence-corrected chi connectivity index (χ3v) is 3.88. The summed E-state index contributed by atoms with van der Waals surface area (Å²) in [5.41, 5.74) is 1.52. The van der Waals surface area contributed by atoms with Crippen molar-refractivity contribution < 1.29 is 19.0 Å². The molecule has 0 aliphatic carbocycles. The van der Waals surface area contributed by atoms with Crippen LogP contribution in [0.2, 0.25) is 5.02 Å². The number of fused-ring (bicyclic) bond motifs is 1. The van der Waals surface area contributed by atoms with Crippen LogP contribution in [0.1, 0.15) is 12.5 Å². The minimum absolute atomic E-state index is 0.197. The van der Waals surface area contributed by atoms with Gasteiger partial charge in [-0.25, -0.2) is 0 Å². The lowest BCUT2D eigenvalue weighted by Gasteiger charge is -2.15. The van der Waals surface area contributed by atoms with E-state index in [1.54, 1.807) is 43.3 Å². The standard InChI is InChI=1S/C17H16ClNO4/c1-10-7-13(4-5-14(10)18)23-11(2)17(20)19-12-3-6-15-16(8-12)22-9-21-15/h3-8,11H,9H2,1-2H3,(H,19,20)/t11-/m0/s1. The molecule has 1 atom stereocenters. The number of hydrogen-bond acceptors (Lipinski definition) is 4. The van der Waals surface area contributed by atoms with Gasteiger partial charge >= 0.3 is 0 Å². The van der Waals surface area contributed by atoms with E-state index in [0.717, 1.165) is 5.56 Å². The van der Waals surface area contributed by atoms with Crippen molar-refractivity contribution in [1.82, 2.24) is 0 Å². The SMILES string of the molecule is Cc1cc(O[C@@H](C)C(=O)Nc2ccc3c(c2)OCO3)ccc1Cl. The van der Waals surface area contributed by atoms with Crippen LogP contribution in [-0.2, 0) is 4.79 Å². The van der Waals surface area contributed by atoms with Gasteiger partial charge in [-0.1, -0.05) is 11.6 Å². The molecule has 1 heterocycles. The first-order valence-electron chi connectivity index (χ1n) is 7.16. The van der Waals surface area contributed by atoms with Gasteiger partial charge in [-0.05, 0) is 49.7 Å². The van der Waals surface area contributed by atoms with Crippen molar-refractivity contribution in [2.75, 3.05) is 12.1 Å². The molecule has 2 aromatic carbocycles. The first-order chi connectivity index (χ1) is 11.0. The number of rotatable bonds is 4. The zero-order chi connectivity index (χ0) is 16.4. The van der Waals surface area contributed by atoms with Crippen molar-refractivity contribution in [3.05, 3.63) is 47.0 Å². The average Bonchev–Trinajstić information content (AvgIpc) is 2.98. The summed E-state index contributed by atoms with van der Waals surface area (Å²) in [6, 6.07) is 10.5. The zero-order valence-electron chi connectivity index (χ0n) is 12.8. The Kier molecular flexibility index (Phi) is 4.30. The summed E-state index contributed by atoms with van der Waals surface area (Å²) in [5.74, 6) is 1.63. The predicted octanol–water partition coefficient (Wildman–Crippen LogP) is 3.78. The van der Waals surface area contributed by atoms with E-state index >= 15 is 0 Å².